The molecular weight excluding hydrogens is 224 g/mol. The van der Waals surface area contributed by atoms with E-state index in [4.69, 9.17) is 4.55 Å². The van der Waals surface area contributed by atoms with E-state index < -0.39 is 10.1 Å². The Morgan fingerprint density at radius 2 is 1.75 bits per heavy atom. The topological polar surface area (TPSA) is 54.4 Å². The summed E-state index contributed by atoms with van der Waals surface area (Å²) in [6, 6.07) is 13.3. The first-order chi connectivity index (χ1) is 7.56. The molecule has 0 aliphatic rings. The summed E-state index contributed by atoms with van der Waals surface area (Å²) in [6.07, 6.45) is 1.51. The van der Waals surface area contributed by atoms with Crippen LogP contribution in [-0.2, 0) is 10.1 Å². The standard InChI is InChI=1S/C12H11O3S/c13-16(14,15)9-8-11-6-3-5-10-4-1-2-7-12(10)11/h1-8H,9H2,(H,13,14,15). The van der Waals surface area contributed by atoms with Gasteiger partial charge in [0.05, 0.1) is 5.75 Å². The van der Waals surface area contributed by atoms with Crippen molar-refractivity contribution in [3.8, 4) is 0 Å². The average molecular weight is 235 g/mol. The van der Waals surface area contributed by atoms with Gasteiger partial charge in [-0.25, -0.2) is 0 Å². The molecule has 0 aliphatic heterocycles. The Labute approximate surface area is 94.5 Å². The fourth-order valence-electron chi connectivity index (χ4n) is 1.62. The monoisotopic (exact) mass is 235 g/mol. The first-order valence-corrected chi connectivity index (χ1v) is 6.43. The minimum atomic E-state index is -3.95. The van der Waals surface area contributed by atoms with Gasteiger partial charge < -0.3 is 0 Å². The van der Waals surface area contributed by atoms with Crippen LogP contribution in [-0.4, -0.2) is 18.7 Å². The van der Waals surface area contributed by atoms with Crippen LogP contribution < -0.4 is 0 Å². The lowest BCUT2D eigenvalue weighted by Crippen LogP contribution is -2.04. The maximum Gasteiger partial charge on any atom is 0.265 e. The van der Waals surface area contributed by atoms with Crippen molar-refractivity contribution in [2.24, 2.45) is 0 Å². The largest absolute Gasteiger partial charge is 0.286 e. The third kappa shape index (κ3) is 2.59. The van der Waals surface area contributed by atoms with Gasteiger partial charge in [0.15, 0.2) is 0 Å². The van der Waals surface area contributed by atoms with Crippen LogP contribution in [0.15, 0.2) is 42.5 Å². The summed E-state index contributed by atoms with van der Waals surface area (Å²) in [5.41, 5.74) is 0.815. The lowest BCUT2D eigenvalue weighted by molar-refractivity contribution is 0.486. The molecule has 0 spiro atoms. The number of hydrogen-bond acceptors (Lipinski definition) is 2. The highest BCUT2D eigenvalue weighted by Gasteiger charge is 2.07. The van der Waals surface area contributed by atoms with E-state index in [1.807, 2.05) is 42.5 Å². The van der Waals surface area contributed by atoms with E-state index in [2.05, 4.69) is 0 Å². The molecule has 0 aliphatic carbocycles. The lowest BCUT2D eigenvalue weighted by atomic mass is 10.0. The predicted molar refractivity (Wildman–Crippen MR) is 63.8 cm³/mol. The molecule has 0 unspecified atom stereocenters. The molecule has 1 N–H and O–H groups in total. The fraction of sp³-hybridized carbons (Fsp3) is 0.0833. The molecule has 0 atom stereocenters. The van der Waals surface area contributed by atoms with Crippen molar-refractivity contribution in [3.63, 3.8) is 0 Å². The maximum atomic E-state index is 10.7. The van der Waals surface area contributed by atoms with Gasteiger partial charge in [-0.3, -0.25) is 4.55 Å². The van der Waals surface area contributed by atoms with Crippen LogP contribution >= 0.6 is 0 Å². The van der Waals surface area contributed by atoms with E-state index in [1.54, 1.807) is 0 Å². The summed E-state index contributed by atoms with van der Waals surface area (Å²) >= 11 is 0. The molecule has 2 aromatic carbocycles. The molecule has 0 bridgehead atoms. The molecule has 0 fully saturated rings. The van der Waals surface area contributed by atoms with Crippen molar-refractivity contribution in [2.45, 2.75) is 0 Å². The average Bonchev–Trinajstić information content (AvgIpc) is 2.25. The zero-order chi connectivity index (χ0) is 11.6. The summed E-state index contributed by atoms with van der Waals surface area (Å²) in [4.78, 5) is 0. The predicted octanol–water partition coefficient (Wildman–Crippen LogP) is 2.28. The zero-order valence-electron chi connectivity index (χ0n) is 8.50. The van der Waals surface area contributed by atoms with Crippen LogP contribution in [0.1, 0.15) is 5.56 Å². The van der Waals surface area contributed by atoms with E-state index in [0.29, 0.717) is 0 Å². The van der Waals surface area contributed by atoms with Gasteiger partial charge in [0.25, 0.3) is 10.1 Å². The van der Waals surface area contributed by atoms with Crippen LogP contribution in [0.4, 0.5) is 0 Å². The minimum absolute atomic E-state index is 0.360. The molecule has 0 saturated carbocycles. The normalized spacial score (nSPS) is 11.8. The first kappa shape index (κ1) is 11.1. The third-order valence-electron chi connectivity index (χ3n) is 2.34. The van der Waals surface area contributed by atoms with Crippen molar-refractivity contribution in [1.82, 2.24) is 0 Å². The second kappa shape index (κ2) is 4.23. The highest BCUT2D eigenvalue weighted by Crippen LogP contribution is 2.19. The minimum Gasteiger partial charge on any atom is -0.286 e. The Morgan fingerprint density at radius 3 is 2.50 bits per heavy atom. The summed E-state index contributed by atoms with van der Waals surface area (Å²) in [7, 11) is -3.95. The first-order valence-electron chi connectivity index (χ1n) is 4.82. The van der Waals surface area contributed by atoms with E-state index in [0.717, 1.165) is 16.3 Å². The number of fused-ring (bicyclic) bond motifs is 1. The van der Waals surface area contributed by atoms with Gasteiger partial charge in [-0.1, -0.05) is 42.5 Å². The Balaban J connectivity index is 2.38. The Hall–Kier alpha value is -1.39. The number of hydrogen-bond donors (Lipinski definition) is 1. The van der Waals surface area contributed by atoms with E-state index in [-0.39, 0.29) is 5.75 Å². The summed E-state index contributed by atoms with van der Waals surface area (Å²) in [5, 5.41) is 2.03. The van der Waals surface area contributed by atoms with Gasteiger partial charge in [0, 0.05) is 6.42 Å². The molecule has 0 heterocycles. The van der Waals surface area contributed by atoms with Crippen molar-refractivity contribution in [2.75, 3.05) is 5.75 Å². The molecule has 0 aromatic heterocycles. The molecule has 0 amide bonds. The summed E-state index contributed by atoms with van der Waals surface area (Å²) < 4.78 is 30.0. The highest BCUT2D eigenvalue weighted by atomic mass is 32.2. The van der Waals surface area contributed by atoms with Gasteiger partial charge in [-0.2, -0.15) is 8.42 Å². The molecule has 2 aromatic rings. The molecule has 3 nitrogen and oxygen atoms in total. The Bertz CT molecular complexity index is 597. The third-order valence-corrected chi connectivity index (χ3v) is 2.93. The summed E-state index contributed by atoms with van der Waals surface area (Å²) in [5.74, 6) is -0.360. The smallest absolute Gasteiger partial charge is 0.265 e. The van der Waals surface area contributed by atoms with E-state index in [9.17, 15) is 8.42 Å². The van der Waals surface area contributed by atoms with E-state index in [1.165, 1.54) is 6.42 Å². The van der Waals surface area contributed by atoms with Crippen LogP contribution in [0.3, 0.4) is 0 Å². The quantitative estimate of drug-likeness (QED) is 0.830. The molecular formula is C12H11O3S. The fourth-order valence-corrected chi connectivity index (χ4v) is 2.01. The van der Waals surface area contributed by atoms with Gasteiger partial charge in [0.1, 0.15) is 0 Å². The van der Waals surface area contributed by atoms with Crippen molar-refractivity contribution < 1.29 is 13.0 Å². The maximum absolute atomic E-state index is 10.7. The molecule has 83 valence electrons. The second-order valence-corrected chi connectivity index (χ2v) is 5.02. The van der Waals surface area contributed by atoms with Crippen molar-refractivity contribution >= 4 is 20.9 Å². The van der Waals surface area contributed by atoms with Crippen LogP contribution in [0.25, 0.3) is 10.8 Å². The molecule has 2 rings (SSSR count). The second-order valence-electron chi connectivity index (χ2n) is 3.52. The Kier molecular flexibility index (Phi) is 2.94. The van der Waals surface area contributed by atoms with Gasteiger partial charge in [-0.05, 0) is 16.3 Å². The molecule has 4 heteroatoms. The number of benzene rings is 2. The van der Waals surface area contributed by atoms with Crippen LogP contribution in [0.2, 0.25) is 0 Å². The van der Waals surface area contributed by atoms with Gasteiger partial charge in [-0.15, -0.1) is 0 Å². The SMILES string of the molecule is O=S(=O)(O)C[CH]c1cccc2ccccc12. The summed E-state index contributed by atoms with van der Waals surface area (Å²) in [6.45, 7) is 0. The molecule has 0 saturated heterocycles. The molecule has 1 radical (unpaired) electrons. The van der Waals surface area contributed by atoms with Crippen LogP contribution in [0.5, 0.6) is 0 Å². The van der Waals surface area contributed by atoms with Crippen molar-refractivity contribution in [3.05, 3.63) is 54.4 Å². The number of rotatable bonds is 3. The van der Waals surface area contributed by atoms with Gasteiger partial charge >= 0.3 is 0 Å². The van der Waals surface area contributed by atoms with Crippen molar-refractivity contribution in [1.29, 1.82) is 0 Å². The molecule has 16 heavy (non-hydrogen) atoms. The Morgan fingerprint density at radius 1 is 1.06 bits per heavy atom. The van der Waals surface area contributed by atoms with Gasteiger partial charge in [0.2, 0.25) is 0 Å². The van der Waals surface area contributed by atoms with E-state index >= 15 is 0 Å². The zero-order valence-corrected chi connectivity index (χ0v) is 9.31. The lowest BCUT2D eigenvalue weighted by Gasteiger charge is -2.04. The van der Waals surface area contributed by atoms with Crippen LogP contribution in [0, 0.1) is 6.42 Å². The highest BCUT2D eigenvalue weighted by molar-refractivity contribution is 7.85.